The zero-order valence-electron chi connectivity index (χ0n) is 10.6. The molecule has 0 aliphatic carbocycles. The van der Waals surface area contributed by atoms with Crippen molar-refractivity contribution in [1.29, 1.82) is 0 Å². The van der Waals surface area contributed by atoms with Gasteiger partial charge in [-0.1, -0.05) is 0 Å². The van der Waals surface area contributed by atoms with Crippen LogP contribution >= 0.6 is 0 Å². The van der Waals surface area contributed by atoms with Gasteiger partial charge in [-0.05, 0) is 12.1 Å². The Morgan fingerprint density at radius 2 is 1.90 bits per heavy atom. The molecule has 0 saturated carbocycles. The summed E-state index contributed by atoms with van der Waals surface area (Å²) in [5, 5.41) is 6.81. The SMILES string of the molecule is O=CN1CC2(C1)CN(Cc1ccc(C(F)(F)F)nn1)C2. The number of rotatable bonds is 3. The third-order valence-electron chi connectivity index (χ3n) is 3.74. The molecular formula is C12H13F3N4O. The van der Waals surface area contributed by atoms with Crippen LogP contribution in [0.1, 0.15) is 11.4 Å². The van der Waals surface area contributed by atoms with Crippen LogP contribution in [0.5, 0.6) is 0 Å². The summed E-state index contributed by atoms with van der Waals surface area (Å²) in [6.45, 7) is 3.73. The zero-order valence-corrected chi connectivity index (χ0v) is 10.6. The minimum atomic E-state index is -4.45. The van der Waals surface area contributed by atoms with Gasteiger partial charge in [-0.15, -0.1) is 5.10 Å². The molecule has 1 amide bonds. The maximum absolute atomic E-state index is 12.3. The molecule has 0 unspecified atom stereocenters. The van der Waals surface area contributed by atoms with Gasteiger partial charge in [-0.2, -0.15) is 18.3 Å². The number of alkyl halides is 3. The molecule has 1 aromatic rings. The molecule has 1 aromatic heterocycles. The largest absolute Gasteiger partial charge is 0.435 e. The van der Waals surface area contributed by atoms with E-state index >= 15 is 0 Å². The summed E-state index contributed by atoms with van der Waals surface area (Å²) in [6, 6.07) is 2.31. The van der Waals surface area contributed by atoms with E-state index in [9.17, 15) is 18.0 Å². The number of hydrogen-bond acceptors (Lipinski definition) is 4. The van der Waals surface area contributed by atoms with Gasteiger partial charge in [-0.25, -0.2) is 0 Å². The van der Waals surface area contributed by atoms with Gasteiger partial charge in [0.25, 0.3) is 0 Å². The minimum Gasteiger partial charge on any atom is -0.344 e. The lowest BCUT2D eigenvalue weighted by atomic mass is 9.73. The van der Waals surface area contributed by atoms with Crippen molar-refractivity contribution in [1.82, 2.24) is 20.0 Å². The number of halogens is 3. The highest BCUT2D eigenvalue weighted by atomic mass is 19.4. The Morgan fingerprint density at radius 3 is 2.40 bits per heavy atom. The third kappa shape index (κ3) is 2.35. The number of carbonyl (C=O) groups excluding carboxylic acids is 1. The van der Waals surface area contributed by atoms with Crippen molar-refractivity contribution in [2.45, 2.75) is 12.7 Å². The summed E-state index contributed by atoms with van der Waals surface area (Å²) in [7, 11) is 0. The number of nitrogens with zero attached hydrogens (tertiary/aromatic N) is 4. The number of amides is 1. The van der Waals surface area contributed by atoms with Crippen molar-refractivity contribution in [3.63, 3.8) is 0 Å². The lowest BCUT2D eigenvalue weighted by Crippen LogP contribution is -2.71. The van der Waals surface area contributed by atoms with E-state index in [1.54, 1.807) is 4.90 Å². The molecule has 3 heterocycles. The maximum Gasteiger partial charge on any atom is 0.435 e. The second kappa shape index (κ2) is 4.41. The fourth-order valence-corrected chi connectivity index (χ4v) is 2.93. The van der Waals surface area contributed by atoms with Crippen LogP contribution < -0.4 is 0 Å². The average molecular weight is 286 g/mol. The Labute approximate surface area is 113 Å². The molecular weight excluding hydrogens is 273 g/mol. The van der Waals surface area contributed by atoms with Crippen LogP contribution in [0.15, 0.2) is 12.1 Å². The summed E-state index contributed by atoms with van der Waals surface area (Å²) in [5.41, 5.74) is -0.248. The molecule has 2 fully saturated rings. The molecule has 2 saturated heterocycles. The van der Waals surface area contributed by atoms with E-state index in [1.165, 1.54) is 6.07 Å². The molecule has 20 heavy (non-hydrogen) atoms. The van der Waals surface area contributed by atoms with E-state index in [1.807, 2.05) is 0 Å². The fraction of sp³-hybridized carbons (Fsp3) is 0.583. The molecule has 8 heteroatoms. The Hall–Kier alpha value is -1.70. The molecule has 0 radical (unpaired) electrons. The van der Waals surface area contributed by atoms with Gasteiger partial charge in [0.1, 0.15) is 0 Å². The number of carbonyl (C=O) groups is 1. The molecule has 0 aromatic carbocycles. The van der Waals surface area contributed by atoms with Gasteiger partial charge in [0.15, 0.2) is 5.69 Å². The van der Waals surface area contributed by atoms with Crippen LogP contribution in [0.2, 0.25) is 0 Å². The molecule has 3 rings (SSSR count). The number of likely N-dealkylation sites (tertiary alicyclic amines) is 2. The molecule has 108 valence electrons. The molecule has 0 bridgehead atoms. The topological polar surface area (TPSA) is 49.3 Å². The van der Waals surface area contributed by atoms with Crippen molar-refractivity contribution in [3.8, 4) is 0 Å². The van der Waals surface area contributed by atoms with Gasteiger partial charge < -0.3 is 4.90 Å². The molecule has 1 spiro atoms. The van der Waals surface area contributed by atoms with Crippen molar-refractivity contribution < 1.29 is 18.0 Å². The van der Waals surface area contributed by atoms with Crippen molar-refractivity contribution in [2.75, 3.05) is 26.2 Å². The Balaban J connectivity index is 1.52. The zero-order chi connectivity index (χ0) is 14.4. The Bertz CT molecular complexity index is 502. The highest BCUT2D eigenvalue weighted by Crippen LogP contribution is 2.39. The maximum atomic E-state index is 12.3. The highest BCUT2D eigenvalue weighted by Gasteiger charge is 2.51. The Morgan fingerprint density at radius 1 is 1.20 bits per heavy atom. The second-order valence-corrected chi connectivity index (χ2v) is 5.56. The van der Waals surface area contributed by atoms with Gasteiger partial charge in [0.05, 0.1) is 5.69 Å². The summed E-state index contributed by atoms with van der Waals surface area (Å²) in [5.74, 6) is 0. The first kappa shape index (κ1) is 13.3. The van der Waals surface area contributed by atoms with Crippen LogP contribution in [-0.4, -0.2) is 52.6 Å². The Kier molecular flexibility index (Phi) is 2.93. The van der Waals surface area contributed by atoms with E-state index in [-0.39, 0.29) is 5.41 Å². The van der Waals surface area contributed by atoms with Gasteiger partial charge >= 0.3 is 6.18 Å². The van der Waals surface area contributed by atoms with E-state index in [0.717, 1.165) is 38.7 Å². The molecule has 2 aliphatic rings. The average Bonchev–Trinajstić information content (AvgIpc) is 2.30. The third-order valence-corrected chi connectivity index (χ3v) is 3.74. The van der Waals surface area contributed by atoms with Crippen molar-refractivity contribution in [2.24, 2.45) is 5.41 Å². The van der Waals surface area contributed by atoms with Gasteiger partial charge in [-0.3, -0.25) is 9.69 Å². The first-order valence-corrected chi connectivity index (χ1v) is 6.22. The number of hydrogen-bond donors (Lipinski definition) is 0. The monoisotopic (exact) mass is 286 g/mol. The lowest BCUT2D eigenvalue weighted by molar-refractivity contribution is -0.147. The van der Waals surface area contributed by atoms with Crippen LogP contribution in [0.4, 0.5) is 13.2 Å². The molecule has 5 nitrogen and oxygen atoms in total. The lowest BCUT2D eigenvalue weighted by Gasteiger charge is -2.59. The first-order valence-electron chi connectivity index (χ1n) is 6.22. The van der Waals surface area contributed by atoms with E-state index in [0.29, 0.717) is 12.2 Å². The molecule has 0 N–H and O–H groups in total. The summed E-state index contributed by atoms with van der Waals surface area (Å²) in [6.07, 6.45) is -3.61. The van der Waals surface area contributed by atoms with Gasteiger partial charge in [0.2, 0.25) is 6.41 Å². The van der Waals surface area contributed by atoms with Crippen LogP contribution in [0.3, 0.4) is 0 Å². The van der Waals surface area contributed by atoms with Crippen molar-refractivity contribution >= 4 is 6.41 Å². The fourth-order valence-electron chi connectivity index (χ4n) is 2.93. The van der Waals surface area contributed by atoms with E-state index in [4.69, 9.17) is 0 Å². The quantitative estimate of drug-likeness (QED) is 0.770. The summed E-state index contributed by atoms with van der Waals surface area (Å²) < 4.78 is 37.0. The van der Waals surface area contributed by atoms with Crippen molar-refractivity contribution in [3.05, 3.63) is 23.5 Å². The van der Waals surface area contributed by atoms with E-state index in [2.05, 4.69) is 15.1 Å². The number of aromatic nitrogens is 2. The second-order valence-electron chi connectivity index (χ2n) is 5.56. The predicted molar refractivity (Wildman–Crippen MR) is 62.4 cm³/mol. The van der Waals surface area contributed by atoms with Crippen LogP contribution in [-0.2, 0) is 17.5 Å². The summed E-state index contributed by atoms with van der Waals surface area (Å²) in [4.78, 5) is 14.3. The first-order chi connectivity index (χ1) is 9.40. The minimum absolute atomic E-state index is 0.195. The van der Waals surface area contributed by atoms with Gasteiger partial charge in [0, 0.05) is 38.1 Å². The smallest absolute Gasteiger partial charge is 0.344 e. The van der Waals surface area contributed by atoms with E-state index < -0.39 is 11.9 Å². The van der Waals surface area contributed by atoms with Crippen LogP contribution in [0.25, 0.3) is 0 Å². The standard InChI is InChI=1S/C12H13F3N4O/c13-12(14,15)10-2-1-9(16-17-10)3-18-4-11(5-18)6-19(7-11)8-20/h1-2,8H,3-7H2. The summed E-state index contributed by atoms with van der Waals surface area (Å²) >= 11 is 0. The normalized spacial score (nSPS) is 21.4. The highest BCUT2D eigenvalue weighted by molar-refractivity contribution is 5.49. The predicted octanol–water partition coefficient (Wildman–Crippen LogP) is 0.769. The molecule has 0 atom stereocenters. The van der Waals surface area contributed by atoms with Crippen LogP contribution in [0, 0.1) is 5.41 Å². The molecule has 2 aliphatic heterocycles.